The van der Waals surface area contributed by atoms with E-state index in [0.717, 1.165) is 18.2 Å². The number of halogens is 1. The summed E-state index contributed by atoms with van der Waals surface area (Å²) in [4.78, 5) is 10.8. The lowest BCUT2D eigenvalue weighted by atomic mass is 10.2. The molecule has 0 radical (unpaired) electrons. The summed E-state index contributed by atoms with van der Waals surface area (Å²) < 4.78 is 37.5. The predicted molar refractivity (Wildman–Crippen MR) is 56.4 cm³/mol. The number of nitriles is 1. The number of anilines is 1. The van der Waals surface area contributed by atoms with Gasteiger partial charge in [-0.05, 0) is 12.1 Å². The third-order valence-corrected chi connectivity index (χ3v) is 2.78. The van der Waals surface area contributed by atoms with E-state index < -0.39 is 38.8 Å². The first-order valence-electron chi connectivity index (χ1n) is 4.26. The van der Waals surface area contributed by atoms with Crippen LogP contribution in [0, 0.1) is 17.1 Å². The van der Waals surface area contributed by atoms with Gasteiger partial charge in [-0.3, -0.25) is 4.72 Å². The molecule has 2 N–H and O–H groups in total. The molecular formula is C9H7FN2O4S. The standard InChI is InChI=1S/C9H7FN2O4S/c10-7-3-1-2-6(9(13)14)8(7)12-17(15,16)5-4-11/h1-3,12H,5H2,(H,13,14). The summed E-state index contributed by atoms with van der Waals surface area (Å²) in [6, 6.07) is 4.48. The monoisotopic (exact) mass is 258 g/mol. The van der Waals surface area contributed by atoms with Crippen molar-refractivity contribution < 1.29 is 22.7 Å². The average molecular weight is 258 g/mol. The first-order valence-corrected chi connectivity index (χ1v) is 5.92. The van der Waals surface area contributed by atoms with Crippen molar-refractivity contribution in [2.75, 3.05) is 10.5 Å². The topological polar surface area (TPSA) is 107 Å². The second kappa shape index (κ2) is 4.80. The van der Waals surface area contributed by atoms with Gasteiger partial charge < -0.3 is 5.11 Å². The smallest absolute Gasteiger partial charge is 0.337 e. The van der Waals surface area contributed by atoms with Gasteiger partial charge in [-0.1, -0.05) is 6.07 Å². The second-order valence-corrected chi connectivity index (χ2v) is 4.71. The van der Waals surface area contributed by atoms with Crippen LogP contribution >= 0.6 is 0 Å². The van der Waals surface area contributed by atoms with Gasteiger partial charge in [0.1, 0.15) is 5.82 Å². The maximum Gasteiger partial charge on any atom is 0.337 e. The van der Waals surface area contributed by atoms with Crippen molar-refractivity contribution in [3.8, 4) is 6.07 Å². The van der Waals surface area contributed by atoms with Crippen LogP contribution in [0.1, 0.15) is 10.4 Å². The molecule has 0 unspecified atom stereocenters. The Kier molecular flexibility index (Phi) is 3.65. The molecular weight excluding hydrogens is 251 g/mol. The zero-order valence-corrected chi connectivity index (χ0v) is 9.16. The number of hydrogen-bond donors (Lipinski definition) is 2. The van der Waals surface area contributed by atoms with Crippen LogP contribution in [-0.2, 0) is 10.0 Å². The molecule has 8 heteroatoms. The van der Waals surface area contributed by atoms with Crippen molar-refractivity contribution in [1.29, 1.82) is 5.26 Å². The lowest BCUT2D eigenvalue weighted by Gasteiger charge is -2.09. The number of carboxylic acid groups (broad SMARTS) is 1. The third-order valence-electron chi connectivity index (χ3n) is 1.76. The molecule has 1 rings (SSSR count). The maximum absolute atomic E-state index is 13.3. The van der Waals surface area contributed by atoms with E-state index in [0.29, 0.717) is 0 Å². The summed E-state index contributed by atoms with van der Waals surface area (Å²) in [5.74, 6) is -3.38. The second-order valence-electron chi connectivity index (χ2n) is 2.99. The van der Waals surface area contributed by atoms with Crippen LogP contribution in [0.3, 0.4) is 0 Å². The highest BCUT2D eigenvalue weighted by molar-refractivity contribution is 7.92. The van der Waals surface area contributed by atoms with E-state index in [2.05, 4.69) is 0 Å². The third kappa shape index (κ3) is 3.15. The van der Waals surface area contributed by atoms with Gasteiger partial charge in [0.2, 0.25) is 10.0 Å². The number of carbonyl (C=O) groups is 1. The van der Waals surface area contributed by atoms with E-state index in [9.17, 15) is 17.6 Å². The molecule has 0 aliphatic rings. The lowest BCUT2D eigenvalue weighted by Crippen LogP contribution is -2.18. The quantitative estimate of drug-likeness (QED) is 0.830. The van der Waals surface area contributed by atoms with Crippen molar-refractivity contribution in [2.24, 2.45) is 0 Å². The molecule has 0 fully saturated rings. The maximum atomic E-state index is 13.3. The van der Waals surface area contributed by atoms with Gasteiger partial charge in [0.25, 0.3) is 0 Å². The molecule has 0 aromatic heterocycles. The number of aromatic carboxylic acids is 1. The molecule has 90 valence electrons. The molecule has 1 aromatic carbocycles. The molecule has 17 heavy (non-hydrogen) atoms. The fourth-order valence-electron chi connectivity index (χ4n) is 1.08. The fraction of sp³-hybridized carbons (Fsp3) is 0.111. The van der Waals surface area contributed by atoms with Crippen LogP contribution in [-0.4, -0.2) is 25.2 Å². The number of rotatable bonds is 4. The summed E-state index contributed by atoms with van der Waals surface area (Å²) in [6.45, 7) is 0. The van der Waals surface area contributed by atoms with Gasteiger partial charge in [0.15, 0.2) is 5.75 Å². The van der Waals surface area contributed by atoms with Gasteiger partial charge >= 0.3 is 5.97 Å². The molecule has 0 saturated carbocycles. The van der Waals surface area contributed by atoms with E-state index >= 15 is 0 Å². The highest BCUT2D eigenvalue weighted by Crippen LogP contribution is 2.21. The Labute approximate surface area is 96.4 Å². The number of sulfonamides is 1. The molecule has 0 heterocycles. The zero-order chi connectivity index (χ0) is 13.1. The minimum absolute atomic E-state index is 0.522. The fourth-order valence-corrected chi connectivity index (χ4v) is 1.84. The summed E-state index contributed by atoms with van der Waals surface area (Å²) >= 11 is 0. The van der Waals surface area contributed by atoms with Gasteiger partial charge in [-0.2, -0.15) is 5.26 Å². The van der Waals surface area contributed by atoms with Crippen molar-refractivity contribution in [1.82, 2.24) is 0 Å². The summed E-state index contributed by atoms with van der Waals surface area (Å²) in [5.41, 5.74) is -1.19. The van der Waals surface area contributed by atoms with Crippen molar-refractivity contribution in [2.45, 2.75) is 0 Å². The van der Waals surface area contributed by atoms with Crippen LogP contribution in [0.4, 0.5) is 10.1 Å². The molecule has 6 nitrogen and oxygen atoms in total. The minimum Gasteiger partial charge on any atom is -0.478 e. The number of nitrogens with one attached hydrogen (secondary N) is 1. The minimum atomic E-state index is -4.08. The zero-order valence-electron chi connectivity index (χ0n) is 8.34. The molecule has 1 aromatic rings. The highest BCUT2D eigenvalue weighted by Gasteiger charge is 2.19. The predicted octanol–water partition coefficient (Wildman–Crippen LogP) is 0.789. The molecule has 0 aliphatic carbocycles. The van der Waals surface area contributed by atoms with Crippen molar-refractivity contribution in [3.63, 3.8) is 0 Å². The molecule has 0 aliphatic heterocycles. The van der Waals surface area contributed by atoms with Gasteiger partial charge in [-0.15, -0.1) is 0 Å². The molecule has 0 saturated heterocycles. The molecule has 0 atom stereocenters. The number of para-hydroxylation sites is 1. The van der Waals surface area contributed by atoms with E-state index in [1.54, 1.807) is 4.72 Å². The number of benzene rings is 1. The van der Waals surface area contributed by atoms with Gasteiger partial charge in [-0.25, -0.2) is 17.6 Å². The normalized spacial score (nSPS) is 10.6. The number of hydrogen-bond acceptors (Lipinski definition) is 4. The Hall–Kier alpha value is -2.14. The Morgan fingerprint density at radius 1 is 1.53 bits per heavy atom. The molecule has 0 spiro atoms. The highest BCUT2D eigenvalue weighted by atomic mass is 32.2. The van der Waals surface area contributed by atoms with Gasteiger partial charge in [0.05, 0.1) is 17.3 Å². The van der Waals surface area contributed by atoms with Gasteiger partial charge in [0, 0.05) is 0 Å². The summed E-state index contributed by atoms with van der Waals surface area (Å²) in [6.07, 6.45) is 0. The van der Waals surface area contributed by atoms with Crippen LogP contribution in [0.15, 0.2) is 18.2 Å². The summed E-state index contributed by atoms with van der Waals surface area (Å²) in [7, 11) is -4.08. The van der Waals surface area contributed by atoms with Crippen molar-refractivity contribution >= 4 is 21.7 Å². The van der Waals surface area contributed by atoms with E-state index in [-0.39, 0.29) is 0 Å². The van der Waals surface area contributed by atoms with E-state index in [1.807, 2.05) is 0 Å². The summed E-state index contributed by atoms with van der Waals surface area (Å²) in [5, 5.41) is 17.0. The van der Waals surface area contributed by atoms with Crippen LogP contribution < -0.4 is 4.72 Å². The first-order chi connectivity index (χ1) is 7.87. The Balaban J connectivity index is 3.24. The molecule has 0 bridgehead atoms. The van der Waals surface area contributed by atoms with Crippen LogP contribution in [0.2, 0.25) is 0 Å². The first kappa shape index (κ1) is 12.9. The SMILES string of the molecule is N#CCS(=O)(=O)Nc1c(F)cccc1C(=O)O. The largest absolute Gasteiger partial charge is 0.478 e. The lowest BCUT2D eigenvalue weighted by molar-refractivity contribution is 0.0697. The van der Waals surface area contributed by atoms with Crippen molar-refractivity contribution in [3.05, 3.63) is 29.6 Å². The number of carboxylic acids is 1. The number of nitrogens with zero attached hydrogens (tertiary/aromatic N) is 1. The Morgan fingerprint density at radius 2 is 2.18 bits per heavy atom. The van der Waals surface area contributed by atoms with Crippen LogP contribution in [0.25, 0.3) is 0 Å². The Bertz CT molecular complexity index is 592. The Morgan fingerprint density at radius 3 is 2.71 bits per heavy atom. The average Bonchev–Trinajstić information content (AvgIpc) is 2.20. The van der Waals surface area contributed by atoms with E-state index in [1.165, 1.54) is 6.07 Å². The van der Waals surface area contributed by atoms with Crippen LogP contribution in [0.5, 0.6) is 0 Å². The van der Waals surface area contributed by atoms with E-state index in [4.69, 9.17) is 10.4 Å². The molecule has 0 amide bonds.